The molecule has 0 unspecified atom stereocenters. The summed E-state index contributed by atoms with van der Waals surface area (Å²) in [6.07, 6.45) is 0.104. The number of benzene rings is 1. The van der Waals surface area contributed by atoms with Crippen LogP contribution in [0.4, 0.5) is 0 Å². The van der Waals surface area contributed by atoms with Crippen LogP contribution in [-0.2, 0) is 16.0 Å². The van der Waals surface area contributed by atoms with E-state index >= 15 is 0 Å². The summed E-state index contributed by atoms with van der Waals surface area (Å²) in [6.45, 7) is 1.88. The van der Waals surface area contributed by atoms with Crippen LogP contribution in [0.2, 0.25) is 0 Å². The van der Waals surface area contributed by atoms with Gasteiger partial charge in [0.2, 0.25) is 0 Å². The lowest BCUT2D eigenvalue weighted by atomic mass is 10.1. The fraction of sp³-hybridized carbons (Fsp3) is 0.273. The number of aromatic hydroxyl groups is 1. The molecule has 18 heavy (non-hydrogen) atoms. The second-order valence-corrected chi connectivity index (χ2v) is 5.06. The van der Waals surface area contributed by atoms with Gasteiger partial charge in [-0.05, 0) is 56.5 Å². The SMILES string of the molecule is CCOC(=O)/C(Cc1cc(Br)c(O)c(Br)c1)=N\O. The third-order valence-corrected chi connectivity index (χ3v) is 3.29. The highest BCUT2D eigenvalue weighted by Crippen LogP contribution is 2.33. The van der Waals surface area contributed by atoms with E-state index in [-0.39, 0.29) is 24.5 Å². The molecule has 0 fully saturated rings. The molecule has 0 amide bonds. The van der Waals surface area contributed by atoms with Crippen LogP contribution in [0.25, 0.3) is 0 Å². The molecule has 0 aliphatic rings. The first-order valence-corrected chi connectivity index (χ1v) is 6.63. The molecule has 0 saturated carbocycles. The Morgan fingerprint density at radius 2 is 1.94 bits per heavy atom. The molecule has 7 heteroatoms. The summed E-state index contributed by atoms with van der Waals surface area (Å²) in [6, 6.07) is 3.26. The van der Waals surface area contributed by atoms with Crippen molar-refractivity contribution in [2.45, 2.75) is 13.3 Å². The number of nitrogens with zero attached hydrogens (tertiary/aromatic N) is 1. The fourth-order valence-electron chi connectivity index (χ4n) is 1.28. The van der Waals surface area contributed by atoms with Crippen LogP contribution in [0.5, 0.6) is 5.75 Å². The smallest absolute Gasteiger partial charge is 0.356 e. The number of carbonyl (C=O) groups excluding carboxylic acids is 1. The van der Waals surface area contributed by atoms with Gasteiger partial charge >= 0.3 is 5.97 Å². The maximum absolute atomic E-state index is 11.4. The van der Waals surface area contributed by atoms with E-state index in [1.165, 1.54) is 0 Å². The third kappa shape index (κ3) is 3.71. The highest BCUT2D eigenvalue weighted by atomic mass is 79.9. The van der Waals surface area contributed by atoms with Gasteiger partial charge in [0, 0.05) is 6.42 Å². The summed E-state index contributed by atoms with van der Waals surface area (Å²) in [4.78, 5) is 11.4. The summed E-state index contributed by atoms with van der Waals surface area (Å²) in [5, 5.41) is 21.3. The lowest BCUT2D eigenvalue weighted by Gasteiger charge is -2.07. The fourth-order valence-corrected chi connectivity index (χ4v) is 2.56. The molecule has 0 heterocycles. The maximum Gasteiger partial charge on any atom is 0.356 e. The Morgan fingerprint density at radius 3 is 2.39 bits per heavy atom. The first-order chi connectivity index (χ1) is 8.49. The topological polar surface area (TPSA) is 79.1 Å². The number of esters is 1. The third-order valence-electron chi connectivity index (χ3n) is 2.08. The number of halogens is 2. The average molecular weight is 381 g/mol. The van der Waals surface area contributed by atoms with E-state index in [9.17, 15) is 9.90 Å². The molecule has 0 saturated heterocycles. The predicted molar refractivity (Wildman–Crippen MR) is 73.1 cm³/mol. The van der Waals surface area contributed by atoms with Gasteiger partial charge in [0.25, 0.3) is 0 Å². The summed E-state index contributed by atoms with van der Waals surface area (Å²) >= 11 is 6.36. The molecular weight excluding hydrogens is 370 g/mol. The Morgan fingerprint density at radius 1 is 1.39 bits per heavy atom. The van der Waals surface area contributed by atoms with E-state index in [0.29, 0.717) is 14.5 Å². The van der Waals surface area contributed by atoms with Crippen molar-refractivity contribution < 1.29 is 19.8 Å². The van der Waals surface area contributed by atoms with E-state index < -0.39 is 5.97 Å². The zero-order valence-corrected chi connectivity index (χ0v) is 12.7. The molecule has 0 atom stereocenters. The number of rotatable bonds is 4. The monoisotopic (exact) mass is 379 g/mol. The standard InChI is InChI=1S/C11H11Br2NO4/c1-2-18-11(16)9(14-17)5-6-3-7(12)10(15)8(13)4-6/h3-4,15,17H,2,5H2,1H3/b14-9-. The molecule has 1 aromatic carbocycles. The molecule has 0 bridgehead atoms. The Balaban J connectivity index is 2.93. The molecule has 0 spiro atoms. The van der Waals surface area contributed by atoms with Gasteiger partial charge in [-0.15, -0.1) is 0 Å². The Bertz CT molecular complexity index is 465. The van der Waals surface area contributed by atoms with Crippen molar-refractivity contribution in [1.29, 1.82) is 0 Å². The Labute approximate surface area is 121 Å². The minimum Gasteiger partial charge on any atom is -0.506 e. The zero-order valence-electron chi connectivity index (χ0n) is 9.48. The molecule has 1 aromatic rings. The number of hydrogen-bond acceptors (Lipinski definition) is 5. The van der Waals surface area contributed by atoms with Gasteiger partial charge in [0.1, 0.15) is 5.75 Å². The van der Waals surface area contributed by atoms with E-state index in [1.807, 2.05) is 0 Å². The van der Waals surface area contributed by atoms with Crippen molar-refractivity contribution in [2.75, 3.05) is 6.61 Å². The molecule has 0 aliphatic heterocycles. The van der Waals surface area contributed by atoms with Gasteiger partial charge < -0.3 is 15.1 Å². The zero-order chi connectivity index (χ0) is 13.7. The van der Waals surface area contributed by atoms with Crippen molar-refractivity contribution in [2.24, 2.45) is 5.16 Å². The second-order valence-electron chi connectivity index (χ2n) is 3.35. The summed E-state index contributed by atoms with van der Waals surface area (Å²) in [5.74, 6) is -0.599. The highest BCUT2D eigenvalue weighted by Gasteiger charge is 2.16. The van der Waals surface area contributed by atoms with E-state index in [0.717, 1.165) is 0 Å². The van der Waals surface area contributed by atoms with Gasteiger partial charge in [-0.25, -0.2) is 4.79 Å². The largest absolute Gasteiger partial charge is 0.506 e. The normalized spacial score (nSPS) is 11.4. The Hall–Kier alpha value is -1.08. The van der Waals surface area contributed by atoms with Crippen LogP contribution >= 0.6 is 31.9 Å². The average Bonchev–Trinajstić information content (AvgIpc) is 2.33. The number of carbonyl (C=O) groups is 1. The van der Waals surface area contributed by atoms with Crippen LogP contribution in [0.15, 0.2) is 26.2 Å². The molecule has 98 valence electrons. The van der Waals surface area contributed by atoms with Crippen molar-refractivity contribution in [3.05, 3.63) is 26.6 Å². The minimum atomic E-state index is -0.666. The lowest BCUT2D eigenvalue weighted by Crippen LogP contribution is -2.20. The van der Waals surface area contributed by atoms with E-state index in [1.54, 1.807) is 19.1 Å². The van der Waals surface area contributed by atoms with Crippen LogP contribution in [0.3, 0.4) is 0 Å². The predicted octanol–water partition coefficient (Wildman–Crippen LogP) is 2.85. The summed E-state index contributed by atoms with van der Waals surface area (Å²) in [5.41, 5.74) is 0.591. The molecule has 0 aliphatic carbocycles. The van der Waals surface area contributed by atoms with Gasteiger partial charge in [-0.1, -0.05) is 5.16 Å². The van der Waals surface area contributed by atoms with Crippen LogP contribution in [0, 0.1) is 0 Å². The lowest BCUT2D eigenvalue weighted by molar-refractivity contribution is -0.135. The van der Waals surface area contributed by atoms with Crippen LogP contribution in [-0.4, -0.2) is 28.6 Å². The molecule has 1 rings (SSSR count). The van der Waals surface area contributed by atoms with Crippen molar-refractivity contribution in [3.63, 3.8) is 0 Å². The molecule has 0 radical (unpaired) electrons. The molecular formula is C11H11Br2NO4. The van der Waals surface area contributed by atoms with Gasteiger partial charge in [-0.2, -0.15) is 0 Å². The Kier molecular flexibility index (Phi) is 5.61. The summed E-state index contributed by atoms with van der Waals surface area (Å²) < 4.78 is 5.71. The number of phenolic OH excluding ortho intramolecular Hbond substituents is 1. The first kappa shape index (κ1) is 15.0. The first-order valence-electron chi connectivity index (χ1n) is 5.04. The summed E-state index contributed by atoms with van der Waals surface area (Å²) in [7, 11) is 0. The molecule has 2 N–H and O–H groups in total. The quantitative estimate of drug-likeness (QED) is 0.364. The van der Waals surface area contributed by atoms with Crippen LogP contribution in [0.1, 0.15) is 12.5 Å². The highest BCUT2D eigenvalue weighted by molar-refractivity contribution is 9.11. The maximum atomic E-state index is 11.4. The number of oxime groups is 1. The minimum absolute atomic E-state index is 0.0670. The number of ether oxygens (including phenoxy) is 1. The van der Waals surface area contributed by atoms with E-state index in [4.69, 9.17) is 9.94 Å². The number of hydrogen-bond donors (Lipinski definition) is 2. The molecule has 5 nitrogen and oxygen atoms in total. The van der Waals surface area contributed by atoms with Crippen molar-refractivity contribution in [1.82, 2.24) is 0 Å². The van der Waals surface area contributed by atoms with Gasteiger partial charge in [0.15, 0.2) is 5.71 Å². The second kappa shape index (κ2) is 6.75. The molecule has 0 aromatic heterocycles. The number of phenols is 1. The van der Waals surface area contributed by atoms with Crippen LogP contribution < -0.4 is 0 Å². The van der Waals surface area contributed by atoms with Crippen molar-refractivity contribution >= 4 is 43.5 Å². The van der Waals surface area contributed by atoms with E-state index in [2.05, 4.69) is 37.0 Å². The van der Waals surface area contributed by atoms with Gasteiger partial charge in [-0.3, -0.25) is 0 Å². The van der Waals surface area contributed by atoms with Gasteiger partial charge in [0.05, 0.1) is 15.6 Å². The van der Waals surface area contributed by atoms with Crippen molar-refractivity contribution in [3.8, 4) is 5.75 Å².